The van der Waals surface area contributed by atoms with E-state index in [1.165, 1.54) is 19.2 Å². The van der Waals surface area contributed by atoms with Gasteiger partial charge < -0.3 is 15.2 Å². The number of rotatable bonds is 4. The summed E-state index contributed by atoms with van der Waals surface area (Å²) in [6.07, 6.45) is -0.566. The van der Waals surface area contributed by atoms with Gasteiger partial charge in [0.2, 0.25) is 5.28 Å². The Labute approximate surface area is 65.2 Å². The molecule has 0 rings (SSSR count). The van der Waals surface area contributed by atoms with E-state index in [0.29, 0.717) is 0 Å². The summed E-state index contributed by atoms with van der Waals surface area (Å²) >= 11 is 0. The van der Waals surface area contributed by atoms with E-state index in [9.17, 15) is 5.21 Å². The van der Waals surface area contributed by atoms with Gasteiger partial charge >= 0.3 is 0 Å². The second-order valence-electron chi connectivity index (χ2n) is 2.21. The van der Waals surface area contributed by atoms with E-state index in [1.54, 1.807) is 6.92 Å². The van der Waals surface area contributed by atoms with Gasteiger partial charge in [0, 0.05) is 0 Å². The van der Waals surface area contributed by atoms with Crippen LogP contribution < -0.4 is 0 Å². The quantitative estimate of drug-likeness (QED) is 0.352. The fourth-order valence-electron chi connectivity index (χ4n) is 0.584. The second-order valence-corrected chi connectivity index (χ2v) is 2.21. The highest BCUT2D eigenvalue weighted by Crippen LogP contribution is 1.89. The smallest absolute Gasteiger partial charge is 0.232 e. The first kappa shape index (κ1) is 9.96. The van der Waals surface area contributed by atoms with Gasteiger partial charge in [-0.05, 0) is 6.92 Å². The van der Waals surface area contributed by atoms with Gasteiger partial charge in [-0.1, -0.05) is 0 Å². The Bertz CT molecular complexity index is 137. The minimum Gasteiger partial charge on any atom is -0.569 e. The summed E-state index contributed by atoms with van der Waals surface area (Å²) in [6, 6.07) is 0. The van der Waals surface area contributed by atoms with Gasteiger partial charge in [0.05, 0.1) is 18.1 Å². The van der Waals surface area contributed by atoms with Gasteiger partial charge in [-0.25, -0.2) is 0 Å². The molecule has 0 radical (unpaired) electrons. The summed E-state index contributed by atoms with van der Waals surface area (Å²) in [7, 11) is 2.78. The van der Waals surface area contributed by atoms with Crippen molar-refractivity contribution in [1.82, 2.24) is 5.01 Å². The lowest BCUT2D eigenvalue weighted by molar-refractivity contribution is -0.705. The molecule has 0 aromatic rings. The van der Waals surface area contributed by atoms with Crippen LogP contribution in [-0.4, -0.2) is 41.9 Å². The molecule has 0 heterocycles. The summed E-state index contributed by atoms with van der Waals surface area (Å²) in [4.78, 5) is 4.49. The average Bonchev–Trinajstić information content (AvgIpc) is 1.86. The molecule has 0 aliphatic carbocycles. The van der Waals surface area contributed by atoms with Crippen molar-refractivity contribution in [1.29, 1.82) is 0 Å². The zero-order valence-corrected chi connectivity index (χ0v) is 6.89. The number of hydrogen-bond acceptors (Lipinski definition) is 4. The third kappa shape index (κ3) is 4.38. The molecule has 11 heavy (non-hydrogen) atoms. The molecule has 6 nitrogen and oxygen atoms in total. The zero-order valence-electron chi connectivity index (χ0n) is 6.89. The SMILES string of the molecule is CO/N=[N+](\[O-])N(C)CC(C)O. The van der Waals surface area contributed by atoms with Crippen molar-refractivity contribution in [3.8, 4) is 0 Å². The minimum absolute atomic E-state index is 0.219. The summed E-state index contributed by atoms with van der Waals surface area (Å²) < 4.78 is 0. The van der Waals surface area contributed by atoms with Gasteiger partial charge in [-0.15, -0.1) is 5.01 Å². The highest BCUT2D eigenvalue weighted by molar-refractivity contribution is 4.44. The van der Waals surface area contributed by atoms with Crippen molar-refractivity contribution in [2.24, 2.45) is 5.28 Å². The van der Waals surface area contributed by atoms with E-state index in [4.69, 9.17) is 5.11 Å². The number of aliphatic hydroxyl groups is 1. The Kier molecular flexibility index (Phi) is 4.28. The van der Waals surface area contributed by atoms with Crippen molar-refractivity contribution in [2.75, 3.05) is 20.7 Å². The lowest BCUT2D eigenvalue weighted by atomic mass is 10.4. The lowest BCUT2D eigenvalue weighted by Crippen LogP contribution is -2.32. The molecule has 0 bridgehead atoms. The molecule has 0 saturated carbocycles. The van der Waals surface area contributed by atoms with Crippen LogP contribution in [0.1, 0.15) is 6.92 Å². The molecule has 1 N–H and O–H groups in total. The number of hydrazine groups is 1. The highest BCUT2D eigenvalue weighted by Gasteiger charge is 2.08. The molecule has 1 unspecified atom stereocenters. The van der Waals surface area contributed by atoms with Crippen molar-refractivity contribution >= 4 is 0 Å². The normalized spacial score (nSPS) is 14.4. The molecule has 0 amide bonds. The van der Waals surface area contributed by atoms with Crippen molar-refractivity contribution in [3.05, 3.63) is 5.21 Å². The van der Waals surface area contributed by atoms with Crippen molar-refractivity contribution < 1.29 is 14.9 Å². The Balaban J connectivity index is 3.82. The van der Waals surface area contributed by atoms with Crippen LogP contribution >= 0.6 is 0 Å². The molecule has 1 atom stereocenters. The monoisotopic (exact) mass is 163 g/mol. The van der Waals surface area contributed by atoms with E-state index in [-0.39, 0.29) is 11.5 Å². The molecule has 0 aromatic heterocycles. The van der Waals surface area contributed by atoms with Gasteiger partial charge in [0.1, 0.15) is 13.7 Å². The molecule has 0 aromatic carbocycles. The maximum Gasteiger partial charge on any atom is 0.232 e. The Hall–Kier alpha value is -1.04. The Morgan fingerprint density at radius 2 is 2.36 bits per heavy atom. The first-order valence-corrected chi connectivity index (χ1v) is 3.18. The van der Waals surface area contributed by atoms with Crippen LogP contribution in [0.25, 0.3) is 0 Å². The maximum absolute atomic E-state index is 10.7. The summed E-state index contributed by atoms with van der Waals surface area (Å²) in [6.45, 7) is 1.80. The first-order valence-electron chi connectivity index (χ1n) is 3.18. The largest absolute Gasteiger partial charge is 0.569 e. The topological polar surface area (TPSA) is 71.1 Å². The van der Waals surface area contributed by atoms with E-state index < -0.39 is 6.10 Å². The van der Waals surface area contributed by atoms with Gasteiger partial charge in [-0.3, -0.25) is 0 Å². The third-order valence-corrected chi connectivity index (χ3v) is 0.972. The standard InChI is InChI=1S/C5H13N3O3/c1-5(9)4-7(2)8(10)6-11-3/h5,9H,4H2,1-3H3/b8-6-. The first-order chi connectivity index (χ1) is 5.07. The van der Waals surface area contributed by atoms with Gasteiger partial charge in [-0.2, -0.15) is 0 Å². The number of nitrogens with zero attached hydrogens (tertiary/aromatic N) is 3. The predicted octanol–water partition coefficient (Wildman–Crippen LogP) is -0.262. The van der Waals surface area contributed by atoms with Crippen LogP contribution in [0, 0.1) is 5.21 Å². The summed E-state index contributed by atoms with van der Waals surface area (Å²) in [5.41, 5.74) is 0. The van der Waals surface area contributed by atoms with Crippen LogP contribution in [0.5, 0.6) is 0 Å². The number of aliphatic hydroxyl groups excluding tert-OH is 1. The molecular weight excluding hydrogens is 150 g/mol. The van der Waals surface area contributed by atoms with E-state index in [0.717, 1.165) is 0 Å². The van der Waals surface area contributed by atoms with E-state index >= 15 is 0 Å². The second kappa shape index (κ2) is 4.73. The molecular formula is C5H13N3O3. The molecule has 0 spiro atoms. The van der Waals surface area contributed by atoms with Crippen LogP contribution in [0.3, 0.4) is 0 Å². The number of hydrogen-bond donors (Lipinski definition) is 1. The van der Waals surface area contributed by atoms with Crippen LogP contribution in [0.2, 0.25) is 0 Å². The van der Waals surface area contributed by atoms with E-state index in [2.05, 4.69) is 10.1 Å². The Morgan fingerprint density at radius 1 is 1.82 bits per heavy atom. The summed E-state index contributed by atoms with van der Waals surface area (Å²) in [5, 5.41) is 23.8. The maximum atomic E-state index is 10.7. The van der Waals surface area contributed by atoms with Crippen LogP contribution in [-0.2, 0) is 4.84 Å². The summed E-state index contributed by atoms with van der Waals surface area (Å²) in [5.74, 6) is 0. The number of likely N-dealkylation sites (N-methyl/N-ethyl adjacent to an activating group) is 1. The minimum atomic E-state index is -0.566. The van der Waals surface area contributed by atoms with Gasteiger partial charge in [0.25, 0.3) is 0 Å². The van der Waals surface area contributed by atoms with Gasteiger partial charge in [0.15, 0.2) is 0 Å². The Morgan fingerprint density at radius 3 is 2.73 bits per heavy atom. The van der Waals surface area contributed by atoms with Crippen molar-refractivity contribution in [2.45, 2.75) is 13.0 Å². The average molecular weight is 163 g/mol. The molecule has 0 aliphatic rings. The molecule has 6 heteroatoms. The molecule has 0 fully saturated rings. The fourth-order valence-corrected chi connectivity index (χ4v) is 0.584. The fraction of sp³-hybridized carbons (Fsp3) is 1.00. The van der Waals surface area contributed by atoms with Crippen LogP contribution in [0.4, 0.5) is 0 Å². The predicted molar refractivity (Wildman–Crippen MR) is 37.4 cm³/mol. The van der Waals surface area contributed by atoms with Crippen molar-refractivity contribution in [3.63, 3.8) is 0 Å². The van der Waals surface area contributed by atoms with Crippen LogP contribution in [0.15, 0.2) is 5.28 Å². The highest BCUT2D eigenvalue weighted by atomic mass is 16.7. The zero-order chi connectivity index (χ0) is 8.85. The third-order valence-electron chi connectivity index (χ3n) is 0.972. The molecule has 0 aliphatic heterocycles. The molecule has 66 valence electrons. The molecule has 0 saturated heterocycles. The lowest BCUT2D eigenvalue weighted by Gasteiger charge is -2.13. The van der Waals surface area contributed by atoms with E-state index in [1.807, 2.05) is 0 Å².